The predicted molar refractivity (Wildman–Crippen MR) is 137 cm³/mol. The molecule has 34 heavy (non-hydrogen) atoms. The quantitative estimate of drug-likeness (QED) is 0.225. The van der Waals surface area contributed by atoms with Gasteiger partial charge in [0.05, 0.1) is 14.2 Å². The fraction of sp³-hybridized carbons (Fsp3) is 0.556. The summed E-state index contributed by atoms with van der Waals surface area (Å²) in [6.07, 6.45) is 4.13. The van der Waals surface area contributed by atoms with Gasteiger partial charge in [0.15, 0.2) is 8.32 Å². The van der Waals surface area contributed by atoms with E-state index >= 15 is 0 Å². The molecule has 0 spiro atoms. The van der Waals surface area contributed by atoms with Crippen molar-refractivity contribution < 1.29 is 23.5 Å². The van der Waals surface area contributed by atoms with E-state index < -0.39 is 25.7 Å². The lowest BCUT2D eigenvalue weighted by Crippen LogP contribution is -2.52. The minimum Gasteiger partial charge on any atom is -0.468 e. The van der Waals surface area contributed by atoms with Crippen LogP contribution >= 0.6 is 0 Å². The van der Waals surface area contributed by atoms with E-state index in [-0.39, 0.29) is 11.0 Å². The number of H-pyrrole nitrogens is 1. The van der Waals surface area contributed by atoms with E-state index in [4.69, 9.17) is 13.9 Å². The largest absolute Gasteiger partial charge is 0.468 e. The molecular formula is C27H39NO5Si. The number of fused-ring (bicyclic) bond motifs is 1. The monoisotopic (exact) mass is 485 g/mol. The number of aromatic nitrogens is 1. The molecular weight excluding hydrogens is 446 g/mol. The third kappa shape index (κ3) is 4.36. The van der Waals surface area contributed by atoms with Crippen LogP contribution in [0, 0.1) is 5.92 Å². The number of ether oxygens (including phenoxy) is 2. The summed E-state index contributed by atoms with van der Waals surface area (Å²) in [5.74, 6) is -1.55. The number of benzene rings is 1. The Bertz CT molecular complexity index is 1080. The summed E-state index contributed by atoms with van der Waals surface area (Å²) >= 11 is 0. The fourth-order valence-electron chi connectivity index (χ4n) is 4.89. The van der Waals surface area contributed by atoms with Gasteiger partial charge in [-0.1, -0.05) is 50.6 Å². The van der Waals surface area contributed by atoms with Crippen LogP contribution in [0.3, 0.4) is 0 Å². The maximum atomic E-state index is 13.6. The predicted octanol–water partition coefficient (Wildman–Crippen LogP) is 5.67. The van der Waals surface area contributed by atoms with Crippen LogP contribution in [0.15, 0.2) is 35.9 Å². The number of allylic oxidation sites excluding steroid dienone is 2. The number of methoxy groups -OCH3 is 2. The highest BCUT2D eigenvalue weighted by atomic mass is 28.4. The van der Waals surface area contributed by atoms with Gasteiger partial charge >= 0.3 is 11.9 Å². The molecule has 0 unspecified atom stereocenters. The number of carbonyl (C=O) groups excluding carboxylic acids is 2. The van der Waals surface area contributed by atoms with Gasteiger partial charge in [0.1, 0.15) is 0 Å². The minimum atomic E-state index is -1.97. The highest BCUT2D eigenvalue weighted by Gasteiger charge is 2.59. The maximum absolute atomic E-state index is 13.6. The average molecular weight is 486 g/mol. The van der Waals surface area contributed by atoms with Crippen LogP contribution in [-0.2, 0) is 35.3 Å². The van der Waals surface area contributed by atoms with Crippen LogP contribution in [0.2, 0.25) is 18.1 Å². The van der Waals surface area contributed by atoms with Crippen LogP contribution in [0.1, 0.15) is 51.8 Å². The zero-order chi connectivity index (χ0) is 25.3. The molecule has 1 aliphatic rings. The van der Waals surface area contributed by atoms with Crippen LogP contribution in [0.25, 0.3) is 10.9 Å². The van der Waals surface area contributed by atoms with E-state index in [0.29, 0.717) is 25.1 Å². The molecule has 186 valence electrons. The topological polar surface area (TPSA) is 77.6 Å². The molecule has 7 heteroatoms. The molecule has 0 radical (unpaired) electrons. The summed E-state index contributed by atoms with van der Waals surface area (Å²) < 4.78 is 17.1. The fourth-order valence-corrected chi connectivity index (χ4v) is 5.94. The molecule has 2 aromatic rings. The summed E-state index contributed by atoms with van der Waals surface area (Å²) in [7, 11) is 0.695. The Morgan fingerprint density at radius 2 is 1.71 bits per heavy atom. The normalized spacial score (nSPS) is 17.1. The molecule has 0 aliphatic heterocycles. The van der Waals surface area contributed by atoms with E-state index in [0.717, 1.165) is 28.5 Å². The molecule has 0 amide bonds. The lowest BCUT2D eigenvalue weighted by atomic mass is 9.68. The summed E-state index contributed by atoms with van der Waals surface area (Å²) in [5.41, 5.74) is 1.73. The van der Waals surface area contributed by atoms with Gasteiger partial charge in [-0.3, -0.25) is 9.59 Å². The summed E-state index contributed by atoms with van der Waals surface area (Å²) in [5, 5.41) is 1.07. The zero-order valence-corrected chi connectivity index (χ0v) is 22.8. The van der Waals surface area contributed by atoms with Crippen LogP contribution in [0.4, 0.5) is 0 Å². The SMILES string of the molecule is COC(=O)C(C(=O)OC)(c1[nH]c2ccccc2c1CCO[Si](C)(C)C(C)(C)C)[C@H]1CCC=C1C. The summed E-state index contributed by atoms with van der Waals surface area (Å²) in [4.78, 5) is 30.6. The number of esters is 2. The number of para-hydroxylation sites is 1. The van der Waals surface area contributed by atoms with Crippen molar-refractivity contribution in [1.29, 1.82) is 0 Å². The van der Waals surface area contributed by atoms with E-state index in [1.54, 1.807) is 0 Å². The smallest absolute Gasteiger partial charge is 0.330 e. The lowest BCUT2D eigenvalue weighted by Gasteiger charge is -2.37. The lowest BCUT2D eigenvalue weighted by molar-refractivity contribution is -0.165. The Labute approximate surface area is 204 Å². The molecule has 0 saturated heterocycles. The molecule has 0 bridgehead atoms. The number of nitrogens with one attached hydrogen (secondary N) is 1. The van der Waals surface area contributed by atoms with Gasteiger partial charge in [-0.05, 0) is 55.9 Å². The van der Waals surface area contributed by atoms with Crippen LogP contribution in [-0.4, -0.2) is 46.1 Å². The van der Waals surface area contributed by atoms with Gasteiger partial charge in [-0.2, -0.15) is 0 Å². The minimum absolute atomic E-state index is 0.0869. The Balaban J connectivity index is 2.20. The average Bonchev–Trinajstić information content (AvgIpc) is 3.37. The van der Waals surface area contributed by atoms with Gasteiger partial charge < -0.3 is 18.9 Å². The van der Waals surface area contributed by atoms with Crippen LogP contribution in [0.5, 0.6) is 0 Å². The van der Waals surface area contributed by atoms with Crippen molar-refractivity contribution >= 4 is 31.2 Å². The first-order valence-corrected chi connectivity index (χ1v) is 14.9. The maximum Gasteiger partial charge on any atom is 0.330 e. The first-order chi connectivity index (χ1) is 15.9. The van der Waals surface area contributed by atoms with Gasteiger partial charge in [0.25, 0.3) is 0 Å². The molecule has 1 aliphatic carbocycles. The van der Waals surface area contributed by atoms with Crippen molar-refractivity contribution in [3.05, 3.63) is 47.2 Å². The number of hydrogen-bond donors (Lipinski definition) is 1. The van der Waals surface area contributed by atoms with Crippen molar-refractivity contribution in [2.45, 2.75) is 70.5 Å². The number of aromatic amines is 1. The second-order valence-corrected chi connectivity index (χ2v) is 15.6. The molecule has 1 aromatic carbocycles. The first kappa shape index (κ1) is 26.2. The number of hydrogen-bond acceptors (Lipinski definition) is 5. The Hall–Kier alpha value is -2.38. The van der Waals surface area contributed by atoms with Crippen molar-refractivity contribution in [1.82, 2.24) is 4.98 Å². The van der Waals surface area contributed by atoms with Crippen molar-refractivity contribution in [2.24, 2.45) is 5.92 Å². The Morgan fingerprint density at radius 1 is 1.09 bits per heavy atom. The highest BCUT2D eigenvalue weighted by Crippen LogP contribution is 2.47. The molecule has 0 saturated carbocycles. The zero-order valence-electron chi connectivity index (χ0n) is 21.8. The van der Waals surface area contributed by atoms with E-state index in [9.17, 15) is 9.59 Å². The van der Waals surface area contributed by atoms with E-state index in [1.165, 1.54) is 14.2 Å². The summed E-state index contributed by atoms with van der Waals surface area (Å²) in [6.45, 7) is 13.6. The number of carbonyl (C=O) groups is 2. The van der Waals surface area contributed by atoms with E-state index in [2.05, 4.69) is 44.9 Å². The molecule has 1 heterocycles. The van der Waals surface area contributed by atoms with Gasteiger partial charge in [0.2, 0.25) is 5.41 Å². The molecule has 6 nitrogen and oxygen atoms in total. The third-order valence-corrected chi connectivity index (χ3v) is 12.4. The molecule has 1 atom stereocenters. The van der Waals surface area contributed by atoms with Crippen LogP contribution < -0.4 is 0 Å². The second-order valence-electron chi connectivity index (χ2n) is 10.8. The van der Waals surface area contributed by atoms with Gasteiger partial charge in [0, 0.05) is 29.1 Å². The molecule has 0 fully saturated rings. The number of rotatable bonds is 8. The molecule has 1 N–H and O–H groups in total. The van der Waals surface area contributed by atoms with Gasteiger partial charge in [-0.15, -0.1) is 0 Å². The third-order valence-electron chi connectivity index (χ3n) is 7.84. The van der Waals surface area contributed by atoms with Crippen molar-refractivity contribution in [3.8, 4) is 0 Å². The van der Waals surface area contributed by atoms with Gasteiger partial charge in [-0.25, -0.2) is 0 Å². The first-order valence-electron chi connectivity index (χ1n) is 12.0. The molecule has 1 aromatic heterocycles. The highest BCUT2D eigenvalue weighted by molar-refractivity contribution is 6.74. The summed E-state index contributed by atoms with van der Waals surface area (Å²) in [6, 6.07) is 7.90. The second kappa shape index (κ2) is 9.70. The van der Waals surface area contributed by atoms with Crippen molar-refractivity contribution in [3.63, 3.8) is 0 Å². The van der Waals surface area contributed by atoms with E-state index in [1.807, 2.05) is 31.2 Å². The molecule has 3 rings (SSSR count). The Kier molecular flexibility index (Phi) is 7.48. The standard InChI is InChI=1S/C27H39NO5Si/c1-18-12-11-14-21(18)27(24(29)31-5,25(30)32-6)23-20(19-13-9-10-15-22(19)28-23)16-17-33-34(7,8)26(2,3)4/h9-10,12-13,15,21,28H,11,14,16-17H2,1-8H3/t21-/m0/s1. The Morgan fingerprint density at radius 3 is 2.24 bits per heavy atom. The van der Waals surface area contributed by atoms with Crippen molar-refractivity contribution in [2.75, 3.05) is 20.8 Å².